The first-order valence-corrected chi connectivity index (χ1v) is 17.2. The number of hydrogen-bond donors (Lipinski definition) is 1. The first-order valence-electron chi connectivity index (χ1n) is 17.2. The summed E-state index contributed by atoms with van der Waals surface area (Å²) >= 11 is 0. The Morgan fingerprint density at radius 3 is 1.81 bits per heavy atom. The van der Waals surface area contributed by atoms with Crippen LogP contribution in [-0.4, -0.2) is 44.1 Å². The first-order chi connectivity index (χ1) is 22.2. The topological polar surface area (TPSA) is 102 Å². The average Bonchev–Trinajstić information content (AvgIpc) is 3.72. The van der Waals surface area contributed by atoms with Crippen molar-refractivity contribution in [1.82, 2.24) is 44.1 Å². The van der Waals surface area contributed by atoms with Gasteiger partial charge in [0.05, 0.1) is 35.7 Å². The monoisotopic (exact) mass is 651 g/mol. The molecule has 48 heavy (non-hydrogen) atoms. The Hall–Kier alpha value is -4.14. The predicted molar refractivity (Wildman–Crippen MR) is 198 cm³/mol. The van der Waals surface area contributed by atoms with Crippen LogP contribution < -0.4 is 0 Å². The number of imidazole rings is 1. The van der Waals surface area contributed by atoms with Crippen molar-refractivity contribution in [2.24, 2.45) is 0 Å². The second-order valence-corrected chi connectivity index (χ2v) is 16.8. The molecule has 0 aliphatic heterocycles. The fraction of sp³-hybridized carbons (Fsp3) is 0.538. The van der Waals surface area contributed by atoms with Crippen LogP contribution in [0.15, 0.2) is 49.2 Å². The van der Waals surface area contributed by atoms with Crippen LogP contribution in [0.5, 0.6) is 0 Å². The van der Waals surface area contributed by atoms with E-state index < -0.39 is 0 Å². The molecule has 0 spiro atoms. The molecule has 0 aliphatic carbocycles. The molecule has 6 heterocycles. The summed E-state index contributed by atoms with van der Waals surface area (Å²) in [6.07, 6.45) is 9.72. The van der Waals surface area contributed by atoms with Crippen molar-refractivity contribution in [3.63, 3.8) is 0 Å². The summed E-state index contributed by atoms with van der Waals surface area (Å²) in [5, 5.41) is 9.00. The van der Waals surface area contributed by atoms with Gasteiger partial charge in [-0.2, -0.15) is 10.2 Å². The Morgan fingerprint density at radius 2 is 1.25 bits per heavy atom. The SMILES string of the molecule is CC(C)c1ccc2ncc(C(C)(C)C)n2n1.CC(C)c1ccn2ncc(C(C)(C)C)c2n1.CC(C)c1cnc2[nH]cc(C(C)(C)C)c2n1. The molecule has 9 heteroatoms. The van der Waals surface area contributed by atoms with Crippen molar-refractivity contribution >= 4 is 22.5 Å². The van der Waals surface area contributed by atoms with Gasteiger partial charge in [0.25, 0.3) is 0 Å². The third kappa shape index (κ3) is 8.28. The van der Waals surface area contributed by atoms with Crippen LogP contribution >= 0.6 is 0 Å². The number of hydrogen-bond acceptors (Lipinski definition) is 6. The highest BCUT2D eigenvalue weighted by Gasteiger charge is 2.22. The molecule has 6 aromatic heterocycles. The summed E-state index contributed by atoms with van der Waals surface area (Å²) in [5.41, 5.74) is 10.9. The zero-order valence-corrected chi connectivity index (χ0v) is 31.9. The Morgan fingerprint density at radius 1 is 0.625 bits per heavy atom. The molecule has 0 bridgehead atoms. The van der Waals surface area contributed by atoms with Gasteiger partial charge in [-0.1, -0.05) is 104 Å². The second-order valence-electron chi connectivity index (χ2n) is 16.8. The van der Waals surface area contributed by atoms with Crippen molar-refractivity contribution in [1.29, 1.82) is 0 Å². The predicted octanol–water partition coefficient (Wildman–Crippen LogP) is 9.68. The molecule has 9 nitrogen and oxygen atoms in total. The van der Waals surface area contributed by atoms with Gasteiger partial charge in [-0.05, 0) is 46.8 Å². The van der Waals surface area contributed by atoms with Gasteiger partial charge >= 0.3 is 0 Å². The van der Waals surface area contributed by atoms with Crippen molar-refractivity contribution in [2.45, 2.75) is 138 Å². The minimum Gasteiger partial charge on any atom is -0.344 e. The van der Waals surface area contributed by atoms with E-state index in [0.717, 1.165) is 45.2 Å². The normalized spacial score (nSPS) is 12.6. The van der Waals surface area contributed by atoms with E-state index >= 15 is 0 Å². The number of nitrogens with one attached hydrogen (secondary N) is 1. The molecule has 0 saturated heterocycles. The molecule has 1 N–H and O–H groups in total. The highest BCUT2D eigenvalue weighted by Crippen LogP contribution is 2.29. The average molecular weight is 652 g/mol. The van der Waals surface area contributed by atoms with Crippen LogP contribution in [0.2, 0.25) is 0 Å². The lowest BCUT2D eigenvalue weighted by molar-refractivity contribution is 0.547. The Balaban J connectivity index is 0.000000163. The zero-order chi connectivity index (χ0) is 35.8. The molecule has 0 atom stereocenters. The summed E-state index contributed by atoms with van der Waals surface area (Å²) in [5.74, 6) is 1.31. The molecule has 6 rings (SSSR count). The van der Waals surface area contributed by atoms with Crippen LogP contribution in [-0.2, 0) is 16.2 Å². The third-order valence-electron chi connectivity index (χ3n) is 8.33. The fourth-order valence-corrected chi connectivity index (χ4v) is 5.20. The number of nitrogens with zero attached hydrogens (tertiary/aromatic N) is 8. The largest absolute Gasteiger partial charge is 0.344 e. The summed E-state index contributed by atoms with van der Waals surface area (Å²) in [4.78, 5) is 21.4. The second kappa shape index (κ2) is 13.8. The highest BCUT2D eigenvalue weighted by molar-refractivity contribution is 5.76. The number of aromatic amines is 1. The van der Waals surface area contributed by atoms with Crippen molar-refractivity contribution in [3.05, 3.63) is 83.1 Å². The minimum atomic E-state index is 0.0714. The minimum absolute atomic E-state index is 0.0714. The molecule has 0 aromatic carbocycles. The van der Waals surface area contributed by atoms with E-state index in [1.807, 2.05) is 52.1 Å². The first kappa shape index (κ1) is 36.7. The van der Waals surface area contributed by atoms with E-state index in [1.165, 1.54) is 11.1 Å². The van der Waals surface area contributed by atoms with E-state index in [4.69, 9.17) is 9.97 Å². The maximum atomic E-state index is 4.71. The quantitative estimate of drug-likeness (QED) is 0.204. The molecule has 0 amide bonds. The number of rotatable bonds is 3. The van der Waals surface area contributed by atoms with Gasteiger partial charge in [0.2, 0.25) is 0 Å². The van der Waals surface area contributed by atoms with Crippen LogP contribution in [0.25, 0.3) is 22.5 Å². The maximum Gasteiger partial charge on any atom is 0.158 e. The van der Waals surface area contributed by atoms with Crippen LogP contribution in [0, 0.1) is 0 Å². The summed E-state index contributed by atoms with van der Waals surface area (Å²) < 4.78 is 3.82. The lowest BCUT2D eigenvalue weighted by Gasteiger charge is -2.17. The van der Waals surface area contributed by atoms with Crippen molar-refractivity contribution in [3.8, 4) is 0 Å². The molecule has 0 saturated carbocycles. The van der Waals surface area contributed by atoms with Crippen LogP contribution in [0.4, 0.5) is 0 Å². The fourth-order valence-electron chi connectivity index (χ4n) is 5.20. The molecule has 6 aromatic rings. The Labute approximate surface area is 287 Å². The van der Waals surface area contributed by atoms with Crippen molar-refractivity contribution < 1.29 is 0 Å². The van der Waals surface area contributed by atoms with Crippen LogP contribution in [0.1, 0.15) is 156 Å². The van der Waals surface area contributed by atoms with Gasteiger partial charge in [-0.3, -0.25) is 0 Å². The highest BCUT2D eigenvalue weighted by atomic mass is 15.3. The van der Waals surface area contributed by atoms with E-state index in [-0.39, 0.29) is 16.2 Å². The molecule has 258 valence electrons. The molecule has 0 fully saturated rings. The third-order valence-corrected chi connectivity index (χ3v) is 8.33. The number of aromatic nitrogens is 9. The smallest absolute Gasteiger partial charge is 0.158 e. The molecular weight excluding hydrogens is 594 g/mol. The van der Waals surface area contributed by atoms with Gasteiger partial charge in [-0.15, -0.1) is 0 Å². The Kier molecular flexibility index (Phi) is 10.5. The van der Waals surface area contributed by atoms with E-state index in [1.54, 1.807) is 0 Å². The van der Waals surface area contributed by atoms with Gasteiger partial charge in [0, 0.05) is 34.6 Å². The van der Waals surface area contributed by atoms with Crippen LogP contribution in [0.3, 0.4) is 0 Å². The van der Waals surface area contributed by atoms with E-state index in [0.29, 0.717) is 17.8 Å². The van der Waals surface area contributed by atoms with Gasteiger partial charge < -0.3 is 4.98 Å². The molecular formula is C39H57N9. The molecule has 0 unspecified atom stereocenters. The molecule has 0 aliphatic rings. The van der Waals surface area contributed by atoms with E-state index in [2.05, 4.69) is 135 Å². The molecule has 0 radical (unpaired) electrons. The lowest BCUT2D eigenvalue weighted by Crippen LogP contribution is -2.16. The van der Waals surface area contributed by atoms with Gasteiger partial charge in [0.15, 0.2) is 16.9 Å². The zero-order valence-electron chi connectivity index (χ0n) is 31.9. The van der Waals surface area contributed by atoms with Gasteiger partial charge in [-0.25, -0.2) is 29.0 Å². The summed E-state index contributed by atoms with van der Waals surface area (Å²) in [7, 11) is 0. The summed E-state index contributed by atoms with van der Waals surface area (Å²) in [6.45, 7) is 32.6. The van der Waals surface area contributed by atoms with Gasteiger partial charge in [0.1, 0.15) is 5.52 Å². The lowest BCUT2D eigenvalue weighted by atomic mass is 9.88. The number of H-pyrrole nitrogens is 1. The number of fused-ring (bicyclic) bond motifs is 3. The van der Waals surface area contributed by atoms with Crippen molar-refractivity contribution in [2.75, 3.05) is 0 Å². The Bertz CT molecular complexity index is 1740. The maximum absolute atomic E-state index is 4.71. The standard InChI is InChI=1S/3C13H19N3/c1-8(2)10-7-15-12-11(16-10)9(6-14-12)13(3,4)5;1-9(2)11-6-7-16-12(15-11)10(8-14-16)13(3,4)5;1-9(2)10-6-7-12-14-8-11(13(3,4)5)16(12)15-10/h6-8H,1-5H3,(H,14,15);2*6-9H,1-5H3. The van der Waals surface area contributed by atoms with E-state index in [9.17, 15) is 0 Å². The summed E-state index contributed by atoms with van der Waals surface area (Å²) in [6, 6.07) is 6.13.